The number of anilines is 1. The van der Waals surface area contributed by atoms with Crippen LogP contribution in [0.25, 0.3) is 11.0 Å². The second kappa shape index (κ2) is 7.28. The van der Waals surface area contributed by atoms with Gasteiger partial charge in [0, 0.05) is 24.5 Å². The lowest BCUT2D eigenvalue weighted by atomic mass is 9.73. The molecule has 1 saturated carbocycles. The van der Waals surface area contributed by atoms with E-state index in [-0.39, 0.29) is 22.4 Å². The van der Waals surface area contributed by atoms with E-state index in [0.717, 1.165) is 50.9 Å². The highest BCUT2D eigenvalue weighted by molar-refractivity contribution is 5.80. The van der Waals surface area contributed by atoms with Gasteiger partial charge in [-0.25, -0.2) is 0 Å². The normalized spacial score (nSPS) is 22.0. The van der Waals surface area contributed by atoms with Crippen molar-refractivity contribution in [3.8, 4) is 0 Å². The summed E-state index contributed by atoms with van der Waals surface area (Å²) < 4.78 is 0. The van der Waals surface area contributed by atoms with Gasteiger partial charge in [0.25, 0.3) is 5.56 Å². The molecule has 2 aliphatic carbocycles. The third-order valence-corrected chi connectivity index (χ3v) is 8.95. The van der Waals surface area contributed by atoms with Crippen LogP contribution in [0.2, 0.25) is 0 Å². The zero-order chi connectivity index (χ0) is 23.8. The van der Waals surface area contributed by atoms with Gasteiger partial charge >= 0.3 is 0 Å². The summed E-state index contributed by atoms with van der Waals surface area (Å²) in [7, 11) is 0. The molecular weight excluding hydrogens is 436 g/mol. The average molecular weight is 467 g/mol. The number of aromatic amines is 2. The van der Waals surface area contributed by atoms with Gasteiger partial charge in [-0.15, -0.1) is 0 Å². The molecule has 0 radical (unpaired) electrons. The molecule has 1 saturated heterocycles. The molecule has 1 spiro atoms. The lowest BCUT2D eigenvalue weighted by Gasteiger charge is -2.42. The zero-order valence-electron chi connectivity index (χ0n) is 20.0. The van der Waals surface area contributed by atoms with Crippen molar-refractivity contribution in [2.75, 3.05) is 18.0 Å². The smallest absolute Gasteiger partial charge is 0.263 e. The molecule has 4 aromatic rings. The third kappa shape index (κ3) is 2.97. The molecule has 7 nitrogen and oxygen atoms in total. The number of piperidine rings is 1. The van der Waals surface area contributed by atoms with Gasteiger partial charge in [-0.2, -0.15) is 10.1 Å². The van der Waals surface area contributed by atoms with Crippen molar-refractivity contribution in [3.63, 3.8) is 0 Å². The van der Waals surface area contributed by atoms with E-state index in [2.05, 4.69) is 75.5 Å². The summed E-state index contributed by atoms with van der Waals surface area (Å²) in [6, 6.07) is 17.1. The van der Waals surface area contributed by atoms with Crippen LogP contribution in [0.4, 0.5) is 5.95 Å². The minimum atomic E-state index is -0.165. The van der Waals surface area contributed by atoms with Crippen molar-refractivity contribution in [3.05, 3.63) is 86.8 Å². The number of rotatable bonds is 3. The molecule has 1 aliphatic heterocycles. The molecule has 3 heterocycles. The molecule has 2 aromatic heterocycles. The van der Waals surface area contributed by atoms with Crippen LogP contribution >= 0.6 is 0 Å². The highest BCUT2D eigenvalue weighted by Gasteiger charge is 2.50. The number of H-pyrrole nitrogens is 2. The van der Waals surface area contributed by atoms with E-state index >= 15 is 0 Å². The van der Waals surface area contributed by atoms with Gasteiger partial charge < -0.3 is 10.6 Å². The Morgan fingerprint density at radius 3 is 2.51 bits per heavy atom. The maximum atomic E-state index is 13.4. The summed E-state index contributed by atoms with van der Waals surface area (Å²) in [5, 5.41) is 8.30. The number of nitrogens with one attached hydrogen (secondary N) is 2. The summed E-state index contributed by atoms with van der Waals surface area (Å²) in [6.45, 7) is 3.77. The molecule has 2 fully saturated rings. The van der Waals surface area contributed by atoms with Gasteiger partial charge in [0.15, 0.2) is 5.65 Å². The minimum Gasteiger partial charge on any atom is -0.342 e. The Balaban J connectivity index is 1.18. The third-order valence-electron chi connectivity index (χ3n) is 8.95. The quantitative estimate of drug-likeness (QED) is 0.425. The number of aryl methyl sites for hydroxylation is 1. The first kappa shape index (κ1) is 20.9. The fourth-order valence-electron chi connectivity index (χ4n) is 6.77. The fourth-order valence-corrected chi connectivity index (χ4v) is 6.77. The Labute approximate surface area is 203 Å². The van der Waals surface area contributed by atoms with Gasteiger partial charge in [-0.3, -0.25) is 14.9 Å². The maximum absolute atomic E-state index is 13.4. The lowest BCUT2D eigenvalue weighted by Crippen LogP contribution is -2.45. The Morgan fingerprint density at radius 1 is 1.03 bits per heavy atom. The molecule has 0 unspecified atom stereocenters. The van der Waals surface area contributed by atoms with Crippen molar-refractivity contribution < 1.29 is 0 Å². The predicted octanol–water partition coefficient (Wildman–Crippen LogP) is 3.88. The number of hydrogen-bond acceptors (Lipinski definition) is 5. The Kier molecular flexibility index (Phi) is 4.34. The number of nitrogens with two attached hydrogens (primary N) is 1. The van der Waals surface area contributed by atoms with Crippen molar-refractivity contribution in [1.29, 1.82) is 0 Å². The van der Waals surface area contributed by atoms with Gasteiger partial charge in [0.1, 0.15) is 5.39 Å². The summed E-state index contributed by atoms with van der Waals surface area (Å²) in [4.78, 5) is 23.4. The Bertz CT molecular complexity index is 1510. The summed E-state index contributed by atoms with van der Waals surface area (Å²) in [5.74, 6) is 0.611. The standard InChI is InChI=1S/C28H30N6O/c1-17-6-2-5-9-20(17)28(10-11-28)23-21-24(33-32-23)30-26(31-25(21)35)34-14-12-27(13-15-34)16-18-7-3-4-8-19(18)22(27)29/h2-9,22H,10-16,29H2,1H3,(H2,30,31,32,33,35)/t22-/m1/s1. The van der Waals surface area contributed by atoms with Crippen molar-refractivity contribution in [2.45, 2.75) is 50.5 Å². The average Bonchev–Trinajstić information content (AvgIpc) is 3.47. The molecular formula is C28H30N6O. The largest absolute Gasteiger partial charge is 0.342 e. The van der Waals surface area contributed by atoms with Gasteiger partial charge in [0.2, 0.25) is 5.95 Å². The van der Waals surface area contributed by atoms with Crippen LogP contribution < -0.4 is 16.2 Å². The molecule has 2 aromatic carbocycles. The van der Waals surface area contributed by atoms with Crippen LogP contribution in [0.3, 0.4) is 0 Å². The summed E-state index contributed by atoms with van der Waals surface area (Å²) in [6.07, 6.45) is 5.00. The number of aromatic nitrogens is 4. The summed E-state index contributed by atoms with van der Waals surface area (Å²) >= 11 is 0. The van der Waals surface area contributed by atoms with Crippen LogP contribution in [0.15, 0.2) is 53.3 Å². The molecule has 1 atom stereocenters. The first-order valence-electron chi connectivity index (χ1n) is 12.6. The lowest BCUT2D eigenvalue weighted by molar-refractivity contribution is 0.187. The Hall–Kier alpha value is -3.45. The van der Waals surface area contributed by atoms with Gasteiger partial charge in [-0.1, -0.05) is 48.5 Å². The molecule has 0 bridgehead atoms. The van der Waals surface area contributed by atoms with Crippen LogP contribution in [-0.2, 0) is 11.8 Å². The first-order chi connectivity index (χ1) is 17.0. The van der Waals surface area contributed by atoms with E-state index in [1.807, 2.05) is 0 Å². The monoisotopic (exact) mass is 466 g/mol. The van der Waals surface area contributed by atoms with E-state index in [1.54, 1.807) is 0 Å². The van der Waals surface area contributed by atoms with Crippen LogP contribution in [0, 0.1) is 12.3 Å². The molecule has 0 amide bonds. The van der Waals surface area contributed by atoms with Gasteiger partial charge in [-0.05, 0) is 66.7 Å². The zero-order valence-corrected chi connectivity index (χ0v) is 20.0. The topological polar surface area (TPSA) is 104 Å². The number of benzene rings is 2. The van der Waals surface area contributed by atoms with Crippen LogP contribution in [0.1, 0.15) is 59.7 Å². The Morgan fingerprint density at radius 2 is 1.77 bits per heavy atom. The fraction of sp³-hybridized carbons (Fsp3) is 0.393. The van der Waals surface area contributed by atoms with Gasteiger partial charge in [0.05, 0.1) is 5.69 Å². The molecule has 4 N–H and O–H groups in total. The number of hydrogen-bond donors (Lipinski definition) is 3. The van der Waals surface area contributed by atoms with E-state index in [9.17, 15) is 4.79 Å². The van der Waals surface area contributed by atoms with Crippen molar-refractivity contribution in [2.24, 2.45) is 11.1 Å². The van der Waals surface area contributed by atoms with Crippen molar-refractivity contribution in [1.82, 2.24) is 20.2 Å². The molecule has 35 heavy (non-hydrogen) atoms. The number of fused-ring (bicyclic) bond motifs is 2. The van der Waals surface area contributed by atoms with Crippen LogP contribution in [0.5, 0.6) is 0 Å². The van der Waals surface area contributed by atoms with E-state index in [1.165, 1.54) is 22.3 Å². The number of nitrogens with zero attached hydrogens (tertiary/aromatic N) is 3. The highest BCUT2D eigenvalue weighted by Crippen LogP contribution is 2.55. The minimum absolute atomic E-state index is 0.0698. The second-order valence-electron chi connectivity index (χ2n) is 10.8. The maximum Gasteiger partial charge on any atom is 0.263 e. The predicted molar refractivity (Wildman–Crippen MR) is 137 cm³/mol. The van der Waals surface area contributed by atoms with E-state index in [0.29, 0.717) is 17.0 Å². The summed E-state index contributed by atoms with van der Waals surface area (Å²) in [5.41, 5.74) is 13.1. The highest BCUT2D eigenvalue weighted by atomic mass is 16.1. The molecule has 178 valence electrons. The SMILES string of the molecule is Cc1ccccc1C1(c2[nH]nc3nc(N4CCC5(CC4)Cc4ccccc4[C@H]5N)[nH]c(=O)c23)CC1. The first-order valence-corrected chi connectivity index (χ1v) is 12.6. The van der Waals surface area contributed by atoms with E-state index in [4.69, 9.17) is 10.7 Å². The molecule has 7 heteroatoms. The van der Waals surface area contributed by atoms with Crippen LogP contribution in [-0.4, -0.2) is 33.3 Å². The van der Waals surface area contributed by atoms with E-state index < -0.39 is 0 Å². The van der Waals surface area contributed by atoms with Crippen molar-refractivity contribution >= 4 is 17.0 Å². The second-order valence-corrected chi connectivity index (χ2v) is 10.8. The molecule has 7 rings (SSSR count). The molecule has 3 aliphatic rings.